The first-order chi connectivity index (χ1) is 10.7. The number of fused-ring (bicyclic) bond motifs is 1. The summed E-state index contributed by atoms with van der Waals surface area (Å²) < 4.78 is 0. The number of carbonyl (C=O) groups is 1. The second kappa shape index (κ2) is 6.20. The molecule has 4 nitrogen and oxygen atoms in total. The number of nitrogens with one attached hydrogen (secondary N) is 2. The molecular weight excluding hydrogens is 294 g/mol. The molecule has 0 radical (unpaired) electrons. The van der Waals surface area contributed by atoms with Gasteiger partial charge in [0.1, 0.15) is 11.1 Å². The monoisotopic (exact) mass is 311 g/mol. The molecule has 5 heteroatoms. The molecule has 2 amide bonds. The zero-order valence-electron chi connectivity index (χ0n) is 12.3. The Bertz CT molecular complexity index is 730. The maximum absolute atomic E-state index is 12.1. The largest absolute Gasteiger partial charge is 0.324 e. The van der Waals surface area contributed by atoms with E-state index in [1.807, 2.05) is 30.3 Å². The van der Waals surface area contributed by atoms with Gasteiger partial charge in [0.15, 0.2) is 0 Å². The number of urea groups is 1. The summed E-state index contributed by atoms with van der Waals surface area (Å²) in [5, 5.41) is 15.7. The number of benzene rings is 1. The van der Waals surface area contributed by atoms with Gasteiger partial charge in [-0.2, -0.15) is 5.26 Å². The molecule has 2 N–H and O–H groups in total. The Morgan fingerprint density at radius 3 is 2.82 bits per heavy atom. The molecule has 1 atom stereocenters. The summed E-state index contributed by atoms with van der Waals surface area (Å²) in [6, 6.07) is 11.2. The van der Waals surface area contributed by atoms with Gasteiger partial charge in [-0.25, -0.2) is 4.79 Å². The van der Waals surface area contributed by atoms with Crippen LogP contribution in [0.3, 0.4) is 0 Å². The Hall–Kier alpha value is -2.32. The van der Waals surface area contributed by atoms with Crippen molar-refractivity contribution < 1.29 is 4.79 Å². The molecule has 2 aromatic rings. The number of anilines is 2. The Kier molecular flexibility index (Phi) is 4.12. The molecule has 0 fully saturated rings. The van der Waals surface area contributed by atoms with Crippen LogP contribution >= 0.6 is 11.3 Å². The van der Waals surface area contributed by atoms with Gasteiger partial charge in [-0.15, -0.1) is 11.3 Å². The molecule has 0 saturated heterocycles. The lowest BCUT2D eigenvalue weighted by Crippen LogP contribution is -2.19. The first-order valence-corrected chi connectivity index (χ1v) is 8.16. The molecule has 1 aliphatic carbocycles. The van der Waals surface area contributed by atoms with E-state index >= 15 is 0 Å². The Morgan fingerprint density at radius 1 is 1.32 bits per heavy atom. The van der Waals surface area contributed by atoms with Crippen LogP contribution in [-0.4, -0.2) is 6.03 Å². The molecule has 0 aliphatic heterocycles. The van der Waals surface area contributed by atoms with Crippen molar-refractivity contribution in [2.45, 2.75) is 26.2 Å². The number of hydrogen-bond donors (Lipinski definition) is 2. The lowest BCUT2D eigenvalue weighted by atomic mass is 9.89. The predicted molar refractivity (Wildman–Crippen MR) is 89.3 cm³/mol. The second-order valence-electron chi connectivity index (χ2n) is 5.61. The Morgan fingerprint density at radius 2 is 2.09 bits per heavy atom. The first kappa shape index (κ1) is 14.6. The van der Waals surface area contributed by atoms with Crippen molar-refractivity contribution in [3.05, 3.63) is 46.3 Å². The highest BCUT2D eigenvalue weighted by molar-refractivity contribution is 7.16. The predicted octanol–water partition coefficient (Wildman–Crippen LogP) is 4.39. The molecule has 1 aromatic heterocycles. The highest BCUT2D eigenvalue weighted by atomic mass is 32.1. The third-order valence-electron chi connectivity index (χ3n) is 3.88. The van der Waals surface area contributed by atoms with Gasteiger partial charge < -0.3 is 5.32 Å². The number of nitrogens with zero attached hydrogens (tertiary/aromatic N) is 1. The van der Waals surface area contributed by atoms with Crippen molar-refractivity contribution in [1.29, 1.82) is 5.26 Å². The summed E-state index contributed by atoms with van der Waals surface area (Å²) in [5.74, 6) is 0.642. The van der Waals surface area contributed by atoms with Crippen molar-refractivity contribution in [2.24, 2.45) is 5.92 Å². The van der Waals surface area contributed by atoms with Crippen molar-refractivity contribution in [1.82, 2.24) is 0 Å². The van der Waals surface area contributed by atoms with E-state index < -0.39 is 0 Å². The summed E-state index contributed by atoms with van der Waals surface area (Å²) in [7, 11) is 0. The van der Waals surface area contributed by atoms with E-state index in [9.17, 15) is 10.1 Å². The third kappa shape index (κ3) is 2.97. The van der Waals surface area contributed by atoms with Crippen molar-refractivity contribution in [2.75, 3.05) is 10.6 Å². The number of rotatable bonds is 2. The van der Waals surface area contributed by atoms with Crippen LogP contribution in [0, 0.1) is 17.2 Å². The average Bonchev–Trinajstić information content (AvgIpc) is 2.84. The van der Waals surface area contributed by atoms with Crippen LogP contribution in [0.15, 0.2) is 30.3 Å². The van der Waals surface area contributed by atoms with Gasteiger partial charge in [0.2, 0.25) is 0 Å². The summed E-state index contributed by atoms with van der Waals surface area (Å²) >= 11 is 1.53. The van der Waals surface area contributed by atoms with E-state index in [1.165, 1.54) is 16.2 Å². The highest BCUT2D eigenvalue weighted by Gasteiger charge is 2.24. The lowest BCUT2D eigenvalue weighted by Gasteiger charge is -2.17. The number of hydrogen-bond acceptors (Lipinski definition) is 3. The zero-order chi connectivity index (χ0) is 15.5. The summed E-state index contributed by atoms with van der Waals surface area (Å²) in [6.07, 6.45) is 3.03. The summed E-state index contributed by atoms with van der Waals surface area (Å²) in [6.45, 7) is 2.23. The zero-order valence-corrected chi connectivity index (χ0v) is 13.2. The highest BCUT2D eigenvalue weighted by Crippen LogP contribution is 2.39. The molecule has 1 aromatic carbocycles. The van der Waals surface area contributed by atoms with E-state index in [1.54, 1.807) is 0 Å². The maximum atomic E-state index is 12.1. The quantitative estimate of drug-likeness (QED) is 0.864. The lowest BCUT2D eigenvalue weighted by molar-refractivity contribution is 0.262. The number of amides is 2. The minimum Gasteiger partial charge on any atom is -0.308 e. The van der Waals surface area contributed by atoms with E-state index in [0.29, 0.717) is 16.5 Å². The van der Waals surface area contributed by atoms with Crippen LogP contribution in [0.5, 0.6) is 0 Å². The molecule has 112 valence electrons. The van der Waals surface area contributed by atoms with Crippen molar-refractivity contribution >= 4 is 28.1 Å². The fraction of sp³-hybridized carbons (Fsp3) is 0.294. The Labute approximate surface area is 133 Å². The van der Waals surface area contributed by atoms with Crippen LogP contribution in [-0.2, 0) is 12.8 Å². The third-order valence-corrected chi connectivity index (χ3v) is 5.05. The van der Waals surface area contributed by atoms with Crippen molar-refractivity contribution in [3.63, 3.8) is 0 Å². The Balaban J connectivity index is 1.78. The SMILES string of the molecule is CC1CCc2c(sc(NC(=O)Nc3ccccc3)c2C#N)C1. The van der Waals surface area contributed by atoms with Crippen LogP contribution in [0.1, 0.15) is 29.3 Å². The van der Waals surface area contributed by atoms with Gasteiger partial charge in [0, 0.05) is 10.6 Å². The standard InChI is InChI=1S/C17H17N3OS/c1-11-7-8-13-14(10-18)16(22-15(13)9-11)20-17(21)19-12-5-3-2-4-6-12/h2-6,11H,7-9H2,1H3,(H2,19,20,21). The number of carbonyl (C=O) groups excluding carboxylic acids is 1. The summed E-state index contributed by atoms with van der Waals surface area (Å²) in [5.41, 5.74) is 2.49. The van der Waals surface area contributed by atoms with Crippen LogP contribution < -0.4 is 10.6 Å². The van der Waals surface area contributed by atoms with Gasteiger partial charge in [0.25, 0.3) is 0 Å². The van der Waals surface area contributed by atoms with Gasteiger partial charge in [-0.3, -0.25) is 5.32 Å². The fourth-order valence-corrected chi connectivity index (χ4v) is 4.10. The van der Waals surface area contributed by atoms with E-state index in [-0.39, 0.29) is 6.03 Å². The smallest absolute Gasteiger partial charge is 0.308 e. The number of para-hydroxylation sites is 1. The first-order valence-electron chi connectivity index (χ1n) is 7.35. The van der Waals surface area contributed by atoms with Gasteiger partial charge in [0.05, 0.1) is 5.56 Å². The minimum absolute atomic E-state index is 0.311. The van der Waals surface area contributed by atoms with Crippen LogP contribution in [0.25, 0.3) is 0 Å². The molecule has 3 rings (SSSR count). The van der Waals surface area contributed by atoms with E-state index in [0.717, 1.165) is 30.5 Å². The molecule has 1 heterocycles. The molecular formula is C17H17N3OS. The molecule has 0 saturated carbocycles. The molecule has 22 heavy (non-hydrogen) atoms. The normalized spacial score (nSPS) is 16.5. The second-order valence-corrected chi connectivity index (χ2v) is 6.72. The van der Waals surface area contributed by atoms with E-state index in [4.69, 9.17) is 0 Å². The van der Waals surface area contributed by atoms with Crippen LogP contribution in [0.2, 0.25) is 0 Å². The van der Waals surface area contributed by atoms with Crippen LogP contribution in [0.4, 0.5) is 15.5 Å². The molecule has 0 spiro atoms. The molecule has 1 unspecified atom stereocenters. The molecule has 0 bridgehead atoms. The van der Waals surface area contributed by atoms with Gasteiger partial charge in [-0.05, 0) is 42.9 Å². The molecule has 1 aliphatic rings. The number of nitriles is 1. The minimum atomic E-state index is -0.311. The van der Waals surface area contributed by atoms with Crippen molar-refractivity contribution in [3.8, 4) is 6.07 Å². The van der Waals surface area contributed by atoms with Gasteiger partial charge in [-0.1, -0.05) is 25.1 Å². The average molecular weight is 311 g/mol. The maximum Gasteiger partial charge on any atom is 0.324 e. The summed E-state index contributed by atoms with van der Waals surface area (Å²) in [4.78, 5) is 13.3. The van der Waals surface area contributed by atoms with Gasteiger partial charge >= 0.3 is 6.03 Å². The topological polar surface area (TPSA) is 64.9 Å². The van der Waals surface area contributed by atoms with E-state index in [2.05, 4.69) is 23.6 Å². The number of thiophene rings is 1. The fourth-order valence-electron chi connectivity index (χ4n) is 2.74.